The van der Waals surface area contributed by atoms with Gasteiger partial charge in [-0.2, -0.15) is 0 Å². The van der Waals surface area contributed by atoms with Gasteiger partial charge in [0.05, 0.1) is 11.6 Å². The lowest BCUT2D eigenvalue weighted by molar-refractivity contribution is 0.166. The number of hydrogen-bond donors (Lipinski definition) is 2. The maximum absolute atomic E-state index is 11.1. The van der Waals surface area contributed by atoms with E-state index in [1.54, 1.807) is 6.07 Å². The van der Waals surface area contributed by atoms with Gasteiger partial charge in [0.1, 0.15) is 5.75 Å². The maximum atomic E-state index is 11.1. The van der Waals surface area contributed by atoms with Gasteiger partial charge in [-0.15, -0.1) is 0 Å². The van der Waals surface area contributed by atoms with E-state index in [1.807, 2.05) is 12.1 Å². The molecule has 1 aromatic carbocycles. The van der Waals surface area contributed by atoms with Gasteiger partial charge in [-0.05, 0) is 40.0 Å². The van der Waals surface area contributed by atoms with Crippen LogP contribution in [0.2, 0.25) is 0 Å². The Balaban J connectivity index is 1.87. The van der Waals surface area contributed by atoms with Gasteiger partial charge in [0, 0.05) is 25.7 Å². The molecule has 1 aromatic rings. The molecule has 1 fully saturated rings. The van der Waals surface area contributed by atoms with E-state index in [-0.39, 0.29) is 17.9 Å². The minimum atomic E-state index is -0.376. The highest BCUT2D eigenvalue weighted by Gasteiger charge is 2.24. The molecule has 1 amide bonds. The van der Waals surface area contributed by atoms with Gasteiger partial charge in [0.25, 0.3) is 0 Å². The second kappa shape index (κ2) is 6.25. The number of phenols is 1. The number of carbonyl (C=O) groups is 1. The third-order valence-corrected chi connectivity index (χ3v) is 3.83. The van der Waals surface area contributed by atoms with Crippen LogP contribution >= 0.6 is 15.9 Å². The predicted octanol–water partition coefficient (Wildman–Crippen LogP) is 2.08. The van der Waals surface area contributed by atoms with E-state index in [4.69, 9.17) is 0 Å². The third-order valence-electron chi connectivity index (χ3n) is 3.20. The number of nitrogens with zero attached hydrogens (tertiary/aromatic N) is 1. The summed E-state index contributed by atoms with van der Waals surface area (Å²) < 4.78 is 5.29. The highest BCUT2D eigenvalue weighted by Crippen LogP contribution is 2.25. The van der Waals surface area contributed by atoms with Crippen LogP contribution in [0.25, 0.3) is 0 Å². The smallest absolute Gasteiger partial charge is 0.407 e. The summed E-state index contributed by atoms with van der Waals surface area (Å²) >= 11 is 3.31. The standard InChI is InChI=1S/C13H17BrN2O3/c1-19-13(18)15-10-4-5-16(8-10)7-9-2-3-12(17)11(14)6-9/h2-3,6,10,17H,4-5,7-8H2,1H3,(H,15,18). The fraction of sp³-hybridized carbons (Fsp3) is 0.462. The van der Waals surface area contributed by atoms with Crippen LogP contribution in [0, 0.1) is 0 Å². The fourth-order valence-corrected chi connectivity index (χ4v) is 2.65. The molecule has 0 aliphatic carbocycles. The highest BCUT2D eigenvalue weighted by atomic mass is 79.9. The second-order valence-corrected chi connectivity index (χ2v) is 5.50. The number of phenolic OH excluding ortho intramolecular Hbond substituents is 1. The van der Waals surface area contributed by atoms with Crippen molar-refractivity contribution in [3.05, 3.63) is 28.2 Å². The topological polar surface area (TPSA) is 61.8 Å². The van der Waals surface area contributed by atoms with E-state index in [1.165, 1.54) is 7.11 Å². The van der Waals surface area contributed by atoms with Crippen LogP contribution in [0.4, 0.5) is 4.79 Å². The van der Waals surface area contributed by atoms with Crippen LogP contribution in [-0.4, -0.2) is 42.3 Å². The molecule has 6 heteroatoms. The van der Waals surface area contributed by atoms with Crippen molar-refractivity contribution in [1.82, 2.24) is 10.2 Å². The predicted molar refractivity (Wildman–Crippen MR) is 75.0 cm³/mol. The van der Waals surface area contributed by atoms with E-state index in [0.29, 0.717) is 4.47 Å². The molecule has 1 aliphatic heterocycles. The minimum absolute atomic E-state index is 0.146. The number of rotatable bonds is 3. The van der Waals surface area contributed by atoms with Gasteiger partial charge in [-0.3, -0.25) is 4.90 Å². The van der Waals surface area contributed by atoms with Crippen LogP contribution in [0.1, 0.15) is 12.0 Å². The molecule has 1 unspecified atom stereocenters. The van der Waals surface area contributed by atoms with Crippen LogP contribution in [0.15, 0.2) is 22.7 Å². The van der Waals surface area contributed by atoms with Gasteiger partial charge in [0.15, 0.2) is 0 Å². The monoisotopic (exact) mass is 328 g/mol. The lowest BCUT2D eigenvalue weighted by Gasteiger charge is -2.16. The van der Waals surface area contributed by atoms with Crippen molar-refractivity contribution < 1.29 is 14.6 Å². The number of hydrogen-bond acceptors (Lipinski definition) is 4. The molecule has 0 bridgehead atoms. The zero-order valence-corrected chi connectivity index (χ0v) is 12.3. The Morgan fingerprint density at radius 3 is 3.11 bits per heavy atom. The summed E-state index contributed by atoms with van der Waals surface area (Å²) in [6, 6.07) is 5.64. The fourth-order valence-electron chi connectivity index (χ4n) is 2.23. The molecule has 1 heterocycles. The molecule has 0 aromatic heterocycles. The number of halogens is 1. The highest BCUT2D eigenvalue weighted by molar-refractivity contribution is 9.10. The lowest BCUT2D eigenvalue weighted by Crippen LogP contribution is -2.36. The van der Waals surface area contributed by atoms with Gasteiger partial charge in [-0.1, -0.05) is 6.07 Å². The Labute approximate surface area is 120 Å². The van der Waals surface area contributed by atoms with Crippen LogP contribution in [-0.2, 0) is 11.3 Å². The number of aromatic hydroxyl groups is 1. The molecule has 1 atom stereocenters. The van der Waals surface area contributed by atoms with E-state index in [2.05, 4.69) is 30.9 Å². The van der Waals surface area contributed by atoms with E-state index >= 15 is 0 Å². The molecule has 1 saturated heterocycles. The quantitative estimate of drug-likeness (QED) is 0.891. The summed E-state index contributed by atoms with van der Waals surface area (Å²) in [5.74, 6) is 0.246. The number of carbonyl (C=O) groups excluding carboxylic acids is 1. The van der Waals surface area contributed by atoms with E-state index in [9.17, 15) is 9.90 Å². The molecule has 2 rings (SSSR count). The summed E-state index contributed by atoms with van der Waals surface area (Å²) in [5, 5.41) is 12.3. The van der Waals surface area contributed by atoms with Crippen molar-refractivity contribution in [2.24, 2.45) is 0 Å². The average Bonchev–Trinajstić information content (AvgIpc) is 2.81. The summed E-state index contributed by atoms with van der Waals surface area (Å²) in [7, 11) is 1.37. The van der Waals surface area contributed by atoms with Gasteiger partial charge < -0.3 is 15.2 Å². The number of amides is 1. The zero-order chi connectivity index (χ0) is 13.8. The van der Waals surface area contributed by atoms with Crippen LogP contribution in [0.3, 0.4) is 0 Å². The minimum Gasteiger partial charge on any atom is -0.507 e. The van der Waals surface area contributed by atoms with Gasteiger partial charge >= 0.3 is 6.09 Å². The first-order valence-corrected chi connectivity index (χ1v) is 6.92. The number of likely N-dealkylation sites (tertiary alicyclic amines) is 1. The lowest BCUT2D eigenvalue weighted by atomic mass is 10.2. The van der Waals surface area contributed by atoms with Crippen molar-refractivity contribution >= 4 is 22.0 Å². The van der Waals surface area contributed by atoms with Crippen LogP contribution in [0.5, 0.6) is 5.75 Å². The Hall–Kier alpha value is -1.27. The zero-order valence-electron chi connectivity index (χ0n) is 10.7. The molecule has 2 N–H and O–H groups in total. The van der Waals surface area contributed by atoms with Crippen LogP contribution < -0.4 is 5.32 Å². The number of ether oxygens (including phenoxy) is 1. The molecule has 0 spiro atoms. The van der Waals surface area contributed by atoms with Crippen molar-refractivity contribution in [1.29, 1.82) is 0 Å². The molecule has 19 heavy (non-hydrogen) atoms. The summed E-state index contributed by atoms with van der Waals surface area (Å²) in [6.45, 7) is 2.55. The molecule has 104 valence electrons. The number of methoxy groups -OCH3 is 1. The first-order valence-electron chi connectivity index (χ1n) is 6.12. The molecule has 0 saturated carbocycles. The Morgan fingerprint density at radius 2 is 2.42 bits per heavy atom. The summed E-state index contributed by atoms with van der Waals surface area (Å²) in [6.07, 6.45) is 0.549. The summed E-state index contributed by atoms with van der Waals surface area (Å²) in [4.78, 5) is 13.4. The van der Waals surface area contributed by atoms with Crippen molar-refractivity contribution in [2.45, 2.75) is 19.0 Å². The average molecular weight is 329 g/mol. The number of alkyl carbamates (subject to hydrolysis) is 1. The first kappa shape index (κ1) is 14.1. The normalized spacial score (nSPS) is 19.4. The molecule has 0 radical (unpaired) electrons. The van der Waals surface area contributed by atoms with E-state index < -0.39 is 0 Å². The maximum Gasteiger partial charge on any atom is 0.407 e. The molecular formula is C13H17BrN2O3. The molecule has 1 aliphatic rings. The third kappa shape index (κ3) is 3.84. The number of benzene rings is 1. The number of nitrogens with one attached hydrogen (secondary N) is 1. The Kier molecular flexibility index (Phi) is 4.66. The van der Waals surface area contributed by atoms with Crippen molar-refractivity contribution in [2.75, 3.05) is 20.2 Å². The Bertz CT molecular complexity index is 467. The first-order chi connectivity index (χ1) is 9.08. The Morgan fingerprint density at radius 1 is 1.63 bits per heavy atom. The molecule has 5 nitrogen and oxygen atoms in total. The molecular weight excluding hydrogens is 312 g/mol. The summed E-state index contributed by atoms with van der Waals surface area (Å²) in [5.41, 5.74) is 1.13. The largest absolute Gasteiger partial charge is 0.507 e. The van der Waals surface area contributed by atoms with Gasteiger partial charge in [0.2, 0.25) is 0 Å². The van der Waals surface area contributed by atoms with Gasteiger partial charge in [-0.25, -0.2) is 4.79 Å². The second-order valence-electron chi connectivity index (χ2n) is 4.64. The van der Waals surface area contributed by atoms with E-state index in [0.717, 1.165) is 31.6 Å². The SMILES string of the molecule is COC(=O)NC1CCN(Cc2ccc(O)c(Br)c2)C1. The van der Waals surface area contributed by atoms with Crippen molar-refractivity contribution in [3.8, 4) is 5.75 Å². The van der Waals surface area contributed by atoms with Crippen molar-refractivity contribution in [3.63, 3.8) is 0 Å².